The fourth-order valence-corrected chi connectivity index (χ4v) is 5.20. The standard InChI is InChI=1S/C40H28N2O/c1-4-10-30(11-5-1)32-20-24-36(25-21-32)39-41-42-40(43-39)37-26-22-33(23-27-37)31-18-16-29(17-19-31)28-38(34-12-6-2-7-13-34)35-14-8-3-9-15-35/h1-28H. The van der Waals surface area contributed by atoms with Crippen LogP contribution in [0.5, 0.6) is 0 Å². The molecule has 0 saturated heterocycles. The molecule has 0 aliphatic heterocycles. The lowest BCUT2D eigenvalue weighted by molar-refractivity contribution is 0.584. The first-order valence-corrected chi connectivity index (χ1v) is 14.3. The van der Waals surface area contributed by atoms with Gasteiger partial charge in [0.2, 0.25) is 11.8 Å². The molecule has 3 nitrogen and oxygen atoms in total. The molecule has 3 heteroatoms. The molecule has 0 saturated carbocycles. The highest BCUT2D eigenvalue weighted by Gasteiger charge is 2.11. The van der Waals surface area contributed by atoms with Crippen molar-refractivity contribution in [3.05, 3.63) is 180 Å². The summed E-state index contributed by atoms with van der Waals surface area (Å²) in [5, 5.41) is 8.61. The van der Waals surface area contributed by atoms with Crippen LogP contribution in [0.1, 0.15) is 16.7 Å². The average molecular weight is 553 g/mol. The molecule has 204 valence electrons. The minimum Gasteiger partial charge on any atom is -0.416 e. The molecule has 0 unspecified atom stereocenters. The van der Waals surface area contributed by atoms with Crippen molar-refractivity contribution in [2.45, 2.75) is 0 Å². The summed E-state index contributed by atoms with van der Waals surface area (Å²) in [6.07, 6.45) is 2.25. The molecular formula is C40H28N2O. The number of rotatable bonds is 7. The summed E-state index contributed by atoms with van der Waals surface area (Å²) in [5.41, 5.74) is 11.1. The first-order chi connectivity index (χ1) is 21.3. The predicted octanol–water partition coefficient (Wildman–Crippen LogP) is 10.3. The van der Waals surface area contributed by atoms with Gasteiger partial charge in [0.15, 0.2) is 0 Å². The zero-order valence-corrected chi connectivity index (χ0v) is 23.5. The average Bonchev–Trinajstić information content (AvgIpc) is 3.59. The van der Waals surface area contributed by atoms with Gasteiger partial charge < -0.3 is 4.42 Å². The van der Waals surface area contributed by atoms with Crippen molar-refractivity contribution in [2.24, 2.45) is 0 Å². The summed E-state index contributed by atoms with van der Waals surface area (Å²) >= 11 is 0. The lowest BCUT2D eigenvalue weighted by atomic mass is 9.95. The first kappa shape index (κ1) is 26.1. The Bertz CT molecular complexity index is 1920. The van der Waals surface area contributed by atoms with E-state index in [2.05, 4.69) is 125 Å². The smallest absolute Gasteiger partial charge is 0.248 e. The largest absolute Gasteiger partial charge is 0.416 e. The third-order valence-corrected chi connectivity index (χ3v) is 7.52. The van der Waals surface area contributed by atoms with E-state index in [0.29, 0.717) is 11.8 Å². The van der Waals surface area contributed by atoms with Crippen LogP contribution in [-0.4, -0.2) is 10.2 Å². The summed E-state index contributed by atoms with van der Waals surface area (Å²) in [7, 11) is 0. The highest BCUT2D eigenvalue weighted by atomic mass is 16.4. The second-order valence-corrected chi connectivity index (χ2v) is 10.3. The van der Waals surface area contributed by atoms with Crippen LogP contribution in [0.25, 0.3) is 56.8 Å². The van der Waals surface area contributed by atoms with Crippen molar-refractivity contribution in [3.63, 3.8) is 0 Å². The minimum absolute atomic E-state index is 0.503. The SMILES string of the molecule is C(=C(c1ccccc1)c1ccccc1)c1ccc(-c2ccc(-c3nnc(-c4ccc(-c5ccccc5)cc4)o3)cc2)cc1. The van der Waals surface area contributed by atoms with Gasteiger partial charge in [0.25, 0.3) is 0 Å². The van der Waals surface area contributed by atoms with Gasteiger partial charge >= 0.3 is 0 Å². The Balaban J connectivity index is 1.08. The second kappa shape index (κ2) is 12.0. The van der Waals surface area contributed by atoms with Gasteiger partial charge in [-0.2, -0.15) is 0 Å². The molecule has 1 aromatic heterocycles. The van der Waals surface area contributed by atoms with Gasteiger partial charge in [0.05, 0.1) is 0 Å². The van der Waals surface area contributed by atoms with Gasteiger partial charge in [-0.3, -0.25) is 0 Å². The zero-order valence-electron chi connectivity index (χ0n) is 23.5. The molecule has 0 amide bonds. The van der Waals surface area contributed by atoms with Crippen molar-refractivity contribution in [1.82, 2.24) is 10.2 Å². The molecule has 6 aromatic carbocycles. The number of hydrogen-bond donors (Lipinski definition) is 0. The van der Waals surface area contributed by atoms with Crippen LogP contribution in [0.15, 0.2) is 168 Å². The van der Waals surface area contributed by atoms with Gasteiger partial charge in [-0.15, -0.1) is 10.2 Å². The Morgan fingerprint density at radius 3 is 1.16 bits per heavy atom. The van der Waals surface area contributed by atoms with Crippen LogP contribution in [0.2, 0.25) is 0 Å². The molecule has 0 radical (unpaired) electrons. The van der Waals surface area contributed by atoms with E-state index >= 15 is 0 Å². The molecule has 0 spiro atoms. The van der Waals surface area contributed by atoms with Crippen molar-refractivity contribution >= 4 is 11.6 Å². The number of benzene rings is 6. The van der Waals surface area contributed by atoms with E-state index in [9.17, 15) is 0 Å². The van der Waals surface area contributed by atoms with Crippen molar-refractivity contribution < 1.29 is 4.42 Å². The minimum atomic E-state index is 0.503. The molecule has 0 aliphatic rings. The van der Waals surface area contributed by atoms with Gasteiger partial charge in [-0.05, 0) is 74.9 Å². The molecule has 7 aromatic rings. The Labute approximate surface area is 251 Å². The maximum atomic E-state index is 6.04. The van der Waals surface area contributed by atoms with Crippen LogP contribution in [0.4, 0.5) is 0 Å². The van der Waals surface area contributed by atoms with Gasteiger partial charge in [-0.1, -0.05) is 140 Å². The van der Waals surface area contributed by atoms with Crippen molar-refractivity contribution in [2.75, 3.05) is 0 Å². The summed E-state index contributed by atoms with van der Waals surface area (Å²) < 4.78 is 6.04. The van der Waals surface area contributed by atoms with Crippen LogP contribution >= 0.6 is 0 Å². The summed E-state index contributed by atoms with van der Waals surface area (Å²) in [6, 6.07) is 56.5. The van der Waals surface area contributed by atoms with Crippen molar-refractivity contribution in [3.8, 4) is 45.2 Å². The molecule has 0 N–H and O–H groups in total. The second-order valence-electron chi connectivity index (χ2n) is 10.3. The van der Waals surface area contributed by atoms with E-state index in [0.717, 1.165) is 33.4 Å². The van der Waals surface area contributed by atoms with Crippen molar-refractivity contribution in [1.29, 1.82) is 0 Å². The van der Waals surface area contributed by atoms with E-state index in [1.165, 1.54) is 22.3 Å². The van der Waals surface area contributed by atoms with Gasteiger partial charge in [0.1, 0.15) is 0 Å². The van der Waals surface area contributed by atoms with E-state index in [4.69, 9.17) is 4.42 Å². The molecular weight excluding hydrogens is 524 g/mol. The summed E-state index contributed by atoms with van der Waals surface area (Å²) in [6.45, 7) is 0. The van der Waals surface area contributed by atoms with E-state index in [-0.39, 0.29) is 0 Å². The van der Waals surface area contributed by atoms with Gasteiger partial charge in [0, 0.05) is 11.1 Å². The first-order valence-electron chi connectivity index (χ1n) is 14.3. The monoisotopic (exact) mass is 552 g/mol. The van der Waals surface area contributed by atoms with E-state index in [1.54, 1.807) is 0 Å². The number of aromatic nitrogens is 2. The Morgan fingerprint density at radius 1 is 0.372 bits per heavy atom. The summed E-state index contributed by atoms with van der Waals surface area (Å²) in [5.74, 6) is 1.01. The molecule has 1 heterocycles. The topological polar surface area (TPSA) is 38.9 Å². The number of hydrogen-bond acceptors (Lipinski definition) is 3. The lowest BCUT2D eigenvalue weighted by Crippen LogP contribution is -1.88. The van der Waals surface area contributed by atoms with Gasteiger partial charge in [-0.25, -0.2) is 0 Å². The molecule has 43 heavy (non-hydrogen) atoms. The van der Waals surface area contributed by atoms with E-state index in [1.807, 2.05) is 54.6 Å². The highest BCUT2D eigenvalue weighted by molar-refractivity contribution is 5.91. The lowest BCUT2D eigenvalue weighted by Gasteiger charge is -2.09. The van der Waals surface area contributed by atoms with Crippen LogP contribution in [0, 0.1) is 0 Å². The third-order valence-electron chi connectivity index (χ3n) is 7.52. The normalized spacial score (nSPS) is 10.8. The Kier molecular flexibility index (Phi) is 7.27. The van der Waals surface area contributed by atoms with Crippen LogP contribution in [-0.2, 0) is 0 Å². The maximum absolute atomic E-state index is 6.04. The molecule has 0 atom stereocenters. The molecule has 0 fully saturated rings. The fourth-order valence-electron chi connectivity index (χ4n) is 5.20. The molecule has 7 rings (SSSR count). The Morgan fingerprint density at radius 2 is 0.721 bits per heavy atom. The fraction of sp³-hybridized carbons (Fsp3) is 0. The molecule has 0 bridgehead atoms. The molecule has 0 aliphatic carbocycles. The van der Waals surface area contributed by atoms with Crippen LogP contribution in [0.3, 0.4) is 0 Å². The predicted molar refractivity (Wildman–Crippen MR) is 176 cm³/mol. The highest BCUT2D eigenvalue weighted by Crippen LogP contribution is 2.30. The maximum Gasteiger partial charge on any atom is 0.248 e. The summed E-state index contributed by atoms with van der Waals surface area (Å²) in [4.78, 5) is 0. The third kappa shape index (κ3) is 5.83. The van der Waals surface area contributed by atoms with E-state index < -0.39 is 0 Å². The number of nitrogens with zero attached hydrogens (tertiary/aromatic N) is 2. The zero-order chi connectivity index (χ0) is 28.8. The Hall–Kier alpha value is -5.80. The quantitative estimate of drug-likeness (QED) is 0.185. The van der Waals surface area contributed by atoms with Crippen LogP contribution < -0.4 is 0 Å².